The van der Waals surface area contributed by atoms with Gasteiger partial charge in [0.15, 0.2) is 0 Å². The third-order valence-electron chi connectivity index (χ3n) is 0. The first-order valence-electron chi connectivity index (χ1n) is 0.856. The molecule has 0 aromatic rings. The fourth-order valence-electron chi connectivity index (χ4n) is 0. The van der Waals surface area contributed by atoms with Gasteiger partial charge in [-0.3, -0.25) is 0 Å². The lowest BCUT2D eigenvalue weighted by Gasteiger charge is -1.97. The molecule has 0 nitrogen and oxygen atoms in total. The Morgan fingerprint density at radius 1 is 1.60 bits per heavy atom. The molecular formula is CBBr2I. The van der Waals surface area contributed by atoms with Crippen molar-refractivity contribution in [3.8, 4) is 0 Å². The van der Waals surface area contributed by atoms with Crippen molar-refractivity contribution in [2.24, 2.45) is 0 Å². The summed E-state index contributed by atoms with van der Waals surface area (Å²) in [6, 6.07) is 0. The molecular weight excluding hydrogens is 310 g/mol. The molecule has 0 aromatic heterocycles. The second-order valence-corrected chi connectivity index (χ2v) is 8.77. The number of hydrogen-bond acceptors (Lipinski definition) is 0. The number of alkyl halides is 3. The molecule has 0 rings (SSSR count). The van der Waals surface area contributed by atoms with Crippen molar-refractivity contribution in [1.29, 1.82) is 0 Å². The van der Waals surface area contributed by atoms with E-state index < -0.39 is 1.14 Å². The van der Waals surface area contributed by atoms with Crippen LogP contribution in [0.25, 0.3) is 0 Å². The second-order valence-electron chi connectivity index (χ2n) is 0.542. The summed E-state index contributed by atoms with van der Waals surface area (Å²) in [5.74, 6) is 0. The van der Waals surface area contributed by atoms with Gasteiger partial charge in [0.2, 0.25) is 0 Å². The lowest BCUT2D eigenvalue weighted by molar-refractivity contribution is 2.08. The van der Waals surface area contributed by atoms with E-state index in [2.05, 4.69) is 31.9 Å². The lowest BCUT2D eigenvalue weighted by Crippen LogP contribution is -1.93. The summed E-state index contributed by atoms with van der Waals surface area (Å²) in [7, 11) is 5.17. The first-order chi connectivity index (χ1) is 2.00. The summed E-state index contributed by atoms with van der Waals surface area (Å²) in [4.78, 5) is 0. The van der Waals surface area contributed by atoms with Crippen molar-refractivity contribution in [3.05, 3.63) is 0 Å². The van der Waals surface area contributed by atoms with E-state index in [1.807, 2.05) is 22.6 Å². The SMILES string of the molecule is [B]C(Br)(Br)I. The average molecular weight is 310 g/mol. The molecule has 0 aliphatic heterocycles. The molecule has 0 aliphatic carbocycles. The molecule has 28 valence electrons. The molecule has 2 radical (unpaired) electrons. The second kappa shape index (κ2) is 2.16. The van der Waals surface area contributed by atoms with E-state index in [1.165, 1.54) is 0 Å². The zero-order chi connectivity index (χ0) is 4.50. The molecule has 0 saturated heterocycles. The van der Waals surface area contributed by atoms with Gasteiger partial charge in [-0.1, -0.05) is 54.5 Å². The summed E-state index contributed by atoms with van der Waals surface area (Å²) in [6.07, 6.45) is 0. The minimum absolute atomic E-state index is 0.405. The molecule has 0 saturated carbocycles. The summed E-state index contributed by atoms with van der Waals surface area (Å²) in [6.45, 7) is 0. The monoisotopic (exact) mass is 308 g/mol. The Hall–Kier alpha value is 1.75. The third-order valence-corrected chi connectivity index (χ3v) is 0. The summed E-state index contributed by atoms with van der Waals surface area (Å²) >= 11 is 8.10. The van der Waals surface area contributed by atoms with Crippen LogP contribution >= 0.6 is 54.5 Å². The van der Waals surface area contributed by atoms with E-state index in [-0.39, 0.29) is 0 Å². The van der Waals surface area contributed by atoms with Crippen molar-refractivity contribution in [2.75, 3.05) is 0 Å². The van der Waals surface area contributed by atoms with Crippen LogP contribution in [0, 0.1) is 0 Å². The Kier molecular flexibility index (Phi) is 2.92. The molecule has 0 atom stereocenters. The summed E-state index contributed by atoms with van der Waals surface area (Å²) in [5.41, 5.74) is 0. The van der Waals surface area contributed by atoms with Crippen molar-refractivity contribution in [3.63, 3.8) is 0 Å². The molecule has 0 N–H and O–H groups in total. The van der Waals surface area contributed by atoms with Crippen LogP contribution in [0.2, 0.25) is 0 Å². The fraction of sp³-hybridized carbons (Fsp3) is 1.00. The van der Waals surface area contributed by atoms with Crippen LogP contribution in [0.4, 0.5) is 0 Å². The number of rotatable bonds is 0. The van der Waals surface area contributed by atoms with Crippen molar-refractivity contribution in [1.82, 2.24) is 0 Å². The lowest BCUT2D eigenvalue weighted by atomic mass is 10.2. The van der Waals surface area contributed by atoms with Gasteiger partial charge in [0, 0.05) is 0 Å². The fourth-order valence-corrected chi connectivity index (χ4v) is 0. The van der Waals surface area contributed by atoms with Gasteiger partial charge in [0.05, 0.1) is 1.14 Å². The largest absolute Gasteiger partial charge is 0.121 e. The van der Waals surface area contributed by atoms with Crippen LogP contribution in [0.3, 0.4) is 0 Å². The van der Waals surface area contributed by atoms with E-state index in [0.717, 1.165) is 0 Å². The van der Waals surface area contributed by atoms with Gasteiger partial charge in [-0.2, -0.15) is 0 Å². The quantitative estimate of drug-likeness (QED) is 0.365. The maximum atomic E-state index is 5.17. The van der Waals surface area contributed by atoms with Crippen molar-refractivity contribution >= 4 is 62.3 Å². The molecule has 0 amide bonds. The van der Waals surface area contributed by atoms with Crippen LogP contribution in [0.1, 0.15) is 0 Å². The highest BCUT2D eigenvalue weighted by Crippen LogP contribution is 2.28. The van der Waals surface area contributed by atoms with Gasteiger partial charge in [-0.05, 0) is 0 Å². The summed E-state index contributed by atoms with van der Waals surface area (Å²) in [5, 5.41) is 0. The molecule has 0 heterocycles. The van der Waals surface area contributed by atoms with E-state index in [0.29, 0.717) is 0 Å². The predicted molar refractivity (Wildman–Crippen MR) is 40.4 cm³/mol. The molecule has 0 bridgehead atoms. The van der Waals surface area contributed by atoms with Gasteiger partial charge in [0.1, 0.15) is 7.85 Å². The van der Waals surface area contributed by atoms with Gasteiger partial charge >= 0.3 is 0 Å². The maximum absolute atomic E-state index is 5.17. The first-order valence-corrected chi connectivity index (χ1v) is 3.52. The zero-order valence-electron chi connectivity index (χ0n) is 2.21. The molecule has 5 heavy (non-hydrogen) atoms. The standard InChI is InChI=1S/CBBr2I/c2-1(3,4)5. The van der Waals surface area contributed by atoms with E-state index in [4.69, 9.17) is 7.85 Å². The third kappa shape index (κ3) is 26.3. The highest BCUT2D eigenvalue weighted by Gasteiger charge is 2.04. The molecule has 0 spiro atoms. The average Bonchev–Trinajstić information content (AvgIpc) is 0.722. The first kappa shape index (κ1) is 6.75. The van der Waals surface area contributed by atoms with Crippen molar-refractivity contribution in [2.45, 2.75) is 1.14 Å². The van der Waals surface area contributed by atoms with Crippen LogP contribution in [0.15, 0.2) is 0 Å². The van der Waals surface area contributed by atoms with Crippen LogP contribution in [0.5, 0.6) is 0 Å². The minimum atomic E-state index is -0.405. The Labute approximate surface area is 62.9 Å². The highest BCUT2D eigenvalue weighted by atomic mass is 127. The molecule has 0 unspecified atom stereocenters. The Bertz CT molecular complexity index is 25.1. The minimum Gasteiger partial charge on any atom is -0.0725 e. The Morgan fingerprint density at radius 2 is 1.60 bits per heavy atom. The van der Waals surface area contributed by atoms with E-state index >= 15 is 0 Å². The van der Waals surface area contributed by atoms with Gasteiger partial charge in [0.25, 0.3) is 0 Å². The van der Waals surface area contributed by atoms with Gasteiger partial charge in [-0.25, -0.2) is 0 Å². The molecule has 0 aromatic carbocycles. The van der Waals surface area contributed by atoms with Crippen LogP contribution in [-0.2, 0) is 0 Å². The van der Waals surface area contributed by atoms with E-state index in [9.17, 15) is 0 Å². The molecule has 0 fully saturated rings. The topological polar surface area (TPSA) is 0 Å². The Morgan fingerprint density at radius 3 is 1.60 bits per heavy atom. The van der Waals surface area contributed by atoms with Gasteiger partial charge in [-0.15, -0.1) is 0 Å². The maximum Gasteiger partial charge on any atom is 0.121 e. The highest BCUT2D eigenvalue weighted by molar-refractivity contribution is 14.1. The Balaban J connectivity index is 3.02. The molecule has 4 heteroatoms. The number of hydrogen-bond donors (Lipinski definition) is 0. The molecule has 0 aliphatic rings. The number of halogens is 3. The predicted octanol–water partition coefficient (Wildman–Crippen LogP) is 1.99. The van der Waals surface area contributed by atoms with Gasteiger partial charge < -0.3 is 0 Å². The van der Waals surface area contributed by atoms with Crippen LogP contribution < -0.4 is 0 Å². The van der Waals surface area contributed by atoms with E-state index in [1.54, 1.807) is 0 Å². The normalized spacial score (nSPS) is 11.8. The smallest absolute Gasteiger partial charge is 0.0725 e. The zero-order valence-corrected chi connectivity index (χ0v) is 7.54. The summed E-state index contributed by atoms with van der Waals surface area (Å²) < 4.78 is -0.405. The van der Waals surface area contributed by atoms with Crippen LogP contribution in [-0.4, -0.2) is 8.99 Å². The van der Waals surface area contributed by atoms with Crippen molar-refractivity contribution < 1.29 is 0 Å².